The Kier molecular flexibility index (Phi) is 5.14. The van der Waals surface area contributed by atoms with Crippen molar-refractivity contribution >= 4 is 22.7 Å². The Morgan fingerprint density at radius 3 is 1.26 bits per heavy atom. The predicted molar refractivity (Wildman–Crippen MR) is 103 cm³/mol. The van der Waals surface area contributed by atoms with Crippen molar-refractivity contribution in [1.29, 1.82) is 0 Å². The lowest BCUT2D eigenvalue weighted by Gasteiger charge is -2.09. The average Bonchev–Trinajstić information content (AvgIpc) is 2.59. The van der Waals surface area contributed by atoms with Crippen molar-refractivity contribution < 1.29 is 0 Å². The van der Waals surface area contributed by atoms with Crippen LogP contribution in [0.3, 0.4) is 0 Å². The second-order valence-electron chi connectivity index (χ2n) is 5.61. The highest BCUT2D eigenvalue weighted by atomic mass is 32.2. The average molecular weight is 338 g/mol. The Bertz CT molecular complexity index is 711. The largest absolute Gasteiger partial charge is 0.166 e. The molecule has 0 amide bonds. The fourth-order valence-electron chi connectivity index (χ4n) is 2.47. The predicted octanol–water partition coefficient (Wildman–Crippen LogP) is 6.12. The Labute approximate surface area is 146 Å². The molecule has 0 aliphatic carbocycles. The summed E-state index contributed by atoms with van der Waals surface area (Å²) in [5, 5.41) is 0. The summed E-state index contributed by atoms with van der Waals surface area (Å²) in [5.41, 5.74) is 2.61. The highest BCUT2D eigenvalue weighted by Crippen LogP contribution is 2.32. The van der Waals surface area contributed by atoms with E-state index in [-0.39, 0.29) is 10.9 Å². The molecule has 116 valence electrons. The molecule has 3 aromatic rings. The SMILES string of the molecule is CSc1ccc([S+](c2ccc(C)cc2)c2ccc(C)cc2)cc1. The summed E-state index contributed by atoms with van der Waals surface area (Å²) in [6.07, 6.45) is 2.12. The Hall–Kier alpha value is -1.64. The summed E-state index contributed by atoms with van der Waals surface area (Å²) < 4.78 is 0. The minimum atomic E-state index is -0.0507. The van der Waals surface area contributed by atoms with E-state index >= 15 is 0 Å². The van der Waals surface area contributed by atoms with Crippen molar-refractivity contribution in [1.82, 2.24) is 0 Å². The van der Waals surface area contributed by atoms with Crippen LogP contribution in [-0.2, 0) is 10.9 Å². The standard InChI is InChI=1S/C21H21S2/c1-16-4-10-19(11-5-16)23(20-12-6-17(2)7-13-20)21-14-8-18(22-3)9-15-21/h4-15H,1-3H3/q+1. The first-order valence-corrected chi connectivity index (χ1v) is 10.1. The zero-order valence-corrected chi connectivity index (χ0v) is 15.4. The van der Waals surface area contributed by atoms with E-state index in [1.54, 1.807) is 11.8 Å². The summed E-state index contributed by atoms with van der Waals surface area (Å²) >= 11 is 1.79. The van der Waals surface area contributed by atoms with Crippen LogP contribution in [0.1, 0.15) is 11.1 Å². The molecule has 0 bridgehead atoms. The van der Waals surface area contributed by atoms with Gasteiger partial charge in [0.05, 0.1) is 10.9 Å². The van der Waals surface area contributed by atoms with E-state index in [1.165, 1.54) is 30.7 Å². The molecule has 0 spiro atoms. The van der Waals surface area contributed by atoms with Crippen LogP contribution in [0.4, 0.5) is 0 Å². The molecule has 0 radical (unpaired) electrons. The lowest BCUT2D eigenvalue weighted by Crippen LogP contribution is -2.04. The zero-order chi connectivity index (χ0) is 16.2. The molecular formula is C21H21S2+. The number of hydrogen-bond donors (Lipinski definition) is 0. The minimum absolute atomic E-state index is 0.0507. The monoisotopic (exact) mass is 337 g/mol. The normalized spacial score (nSPS) is 11.0. The molecule has 0 unspecified atom stereocenters. The summed E-state index contributed by atoms with van der Waals surface area (Å²) in [4.78, 5) is 5.42. The number of benzene rings is 3. The van der Waals surface area contributed by atoms with Gasteiger partial charge in [-0.05, 0) is 68.6 Å². The quantitative estimate of drug-likeness (QED) is 0.408. The molecule has 0 N–H and O–H groups in total. The third-order valence-corrected chi connectivity index (χ3v) is 6.78. The molecule has 0 fully saturated rings. The maximum Gasteiger partial charge on any atom is 0.166 e. The van der Waals surface area contributed by atoms with Crippen molar-refractivity contribution in [2.75, 3.05) is 6.26 Å². The second-order valence-corrected chi connectivity index (χ2v) is 8.51. The molecule has 0 saturated carbocycles. The first-order valence-electron chi connectivity index (χ1n) is 7.69. The fourth-order valence-corrected chi connectivity index (χ4v) is 4.92. The van der Waals surface area contributed by atoms with Crippen LogP contribution in [0.15, 0.2) is 92.4 Å². The van der Waals surface area contributed by atoms with Crippen molar-refractivity contribution in [3.05, 3.63) is 83.9 Å². The van der Waals surface area contributed by atoms with E-state index in [9.17, 15) is 0 Å². The molecule has 3 aromatic carbocycles. The summed E-state index contributed by atoms with van der Waals surface area (Å²) in [6, 6.07) is 26.9. The number of rotatable bonds is 4. The Morgan fingerprint density at radius 2 is 0.913 bits per heavy atom. The first-order chi connectivity index (χ1) is 11.2. The highest BCUT2D eigenvalue weighted by Gasteiger charge is 2.28. The Balaban J connectivity index is 2.08. The molecule has 0 atom stereocenters. The molecular weight excluding hydrogens is 316 g/mol. The van der Waals surface area contributed by atoms with Crippen LogP contribution in [-0.4, -0.2) is 6.26 Å². The van der Waals surface area contributed by atoms with Gasteiger partial charge in [0.2, 0.25) is 0 Å². The molecule has 23 heavy (non-hydrogen) atoms. The molecule has 0 saturated heterocycles. The molecule has 3 rings (SSSR count). The zero-order valence-electron chi connectivity index (χ0n) is 13.7. The molecule has 0 heterocycles. The van der Waals surface area contributed by atoms with E-state index in [0.29, 0.717) is 0 Å². The Morgan fingerprint density at radius 1 is 0.565 bits per heavy atom. The van der Waals surface area contributed by atoms with Gasteiger partial charge in [-0.25, -0.2) is 0 Å². The van der Waals surface area contributed by atoms with Crippen molar-refractivity contribution in [3.63, 3.8) is 0 Å². The summed E-state index contributed by atoms with van der Waals surface area (Å²) in [6.45, 7) is 4.28. The van der Waals surface area contributed by atoms with Crippen molar-refractivity contribution in [3.8, 4) is 0 Å². The van der Waals surface area contributed by atoms with Gasteiger partial charge >= 0.3 is 0 Å². The van der Waals surface area contributed by atoms with E-state index in [1.807, 2.05) is 0 Å². The molecule has 0 aliphatic rings. The lowest BCUT2D eigenvalue weighted by atomic mass is 10.2. The molecule has 0 aliphatic heterocycles. The van der Waals surface area contributed by atoms with Gasteiger partial charge in [0.1, 0.15) is 0 Å². The molecule has 0 nitrogen and oxygen atoms in total. The van der Waals surface area contributed by atoms with Crippen LogP contribution in [0, 0.1) is 13.8 Å². The summed E-state index contributed by atoms with van der Waals surface area (Å²) in [7, 11) is -0.0507. The van der Waals surface area contributed by atoms with E-state index in [4.69, 9.17) is 0 Å². The maximum absolute atomic E-state index is 2.27. The van der Waals surface area contributed by atoms with Gasteiger partial charge in [0, 0.05) is 4.90 Å². The van der Waals surface area contributed by atoms with E-state index in [2.05, 4.69) is 92.9 Å². The highest BCUT2D eigenvalue weighted by molar-refractivity contribution is 7.98. The van der Waals surface area contributed by atoms with E-state index in [0.717, 1.165) is 0 Å². The smallest absolute Gasteiger partial charge is 0.130 e. The second kappa shape index (κ2) is 7.29. The first kappa shape index (κ1) is 16.2. The van der Waals surface area contributed by atoms with Crippen molar-refractivity contribution in [2.24, 2.45) is 0 Å². The van der Waals surface area contributed by atoms with Crippen LogP contribution in [0.2, 0.25) is 0 Å². The third-order valence-electron chi connectivity index (χ3n) is 3.81. The van der Waals surface area contributed by atoms with Crippen LogP contribution < -0.4 is 0 Å². The van der Waals surface area contributed by atoms with Gasteiger partial charge in [-0.3, -0.25) is 0 Å². The van der Waals surface area contributed by atoms with Crippen LogP contribution in [0.5, 0.6) is 0 Å². The topological polar surface area (TPSA) is 0 Å². The van der Waals surface area contributed by atoms with Crippen LogP contribution in [0.25, 0.3) is 0 Å². The third kappa shape index (κ3) is 3.82. The van der Waals surface area contributed by atoms with Gasteiger partial charge in [-0.2, -0.15) is 0 Å². The van der Waals surface area contributed by atoms with Crippen LogP contribution >= 0.6 is 11.8 Å². The van der Waals surface area contributed by atoms with Gasteiger partial charge in [-0.1, -0.05) is 35.4 Å². The fraction of sp³-hybridized carbons (Fsp3) is 0.143. The van der Waals surface area contributed by atoms with Gasteiger partial charge in [-0.15, -0.1) is 11.8 Å². The summed E-state index contributed by atoms with van der Waals surface area (Å²) in [5.74, 6) is 0. The molecule has 0 aromatic heterocycles. The number of hydrogen-bond acceptors (Lipinski definition) is 1. The van der Waals surface area contributed by atoms with E-state index < -0.39 is 0 Å². The van der Waals surface area contributed by atoms with Gasteiger partial charge in [0.15, 0.2) is 14.7 Å². The molecule has 2 heteroatoms. The minimum Gasteiger partial charge on any atom is -0.130 e. The number of thioether (sulfide) groups is 1. The number of aryl methyl sites for hydroxylation is 2. The van der Waals surface area contributed by atoms with Gasteiger partial charge < -0.3 is 0 Å². The van der Waals surface area contributed by atoms with Gasteiger partial charge in [0.25, 0.3) is 0 Å². The van der Waals surface area contributed by atoms with Crippen molar-refractivity contribution in [2.45, 2.75) is 33.4 Å². The lowest BCUT2D eigenvalue weighted by molar-refractivity contribution is 1.27. The maximum atomic E-state index is 2.27.